The molecule has 0 atom stereocenters. The molecule has 8 heteroatoms. The molecule has 0 N–H and O–H groups in total. The number of hydrogen-bond acceptors (Lipinski definition) is 6. The maximum atomic E-state index is 12.7. The smallest absolute Gasteiger partial charge is 0.341 e. The van der Waals surface area contributed by atoms with Crippen molar-refractivity contribution in [3.8, 4) is 0 Å². The van der Waals surface area contributed by atoms with E-state index < -0.39 is 0 Å². The van der Waals surface area contributed by atoms with Gasteiger partial charge in [0, 0.05) is 44.9 Å². The molecular formula is C21H28N6O2. The molecule has 0 fully saturated rings. The quantitative estimate of drug-likeness (QED) is 0.631. The first-order valence-electron chi connectivity index (χ1n) is 10.1. The summed E-state index contributed by atoms with van der Waals surface area (Å²) in [4.78, 5) is 24.4. The fourth-order valence-electron chi connectivity index (χ4n) is 4.34. The van der Waals surface area contributed by atoms with Gasteiger partial charge in [0.15, 0.2) is 5.65 Å². The Kier molecular flexibility index (Phi) is 4.80. The van der Waals surface area contributed by atoms with Gasteiger partial charge in [-0.15, -0.1) is 0 Å². The number of fused-ring (bicyclic) bond motifs is 2. The van der Waals surface area contributed by atoms with Gasteiger partial charge >= 0.3 is 5.97 Å². The minimum Gasteiger partial charge on any atom is -0.462 e. The van der Waals surface area contributed by atoms with Crippen molar-refractivity contribution < 1.29 is 9.53 Å². The van der Waals surface area contributed by atoms with E-state index in [4.69, 9.17) is 9.72 Å². The number of rotatable bonds is 4. The van der Waals surface area contributed by atoms with Gasteiger partial charge in [-0.1, -0.05) is 13.8 Å². The molecule has 0 aromatic carbocycles. The third-order valence-electron chi connectivity index (χ3n) is 5.62. The van der Waals surface area contributed by atoms with Gasteiger partial charge in [0.1, 0.15) is 11.4 Å². The van der Waals surface area contributed by atoms with Gasteiger partial charge in [-0.25, -0.2) is 14.8 Å². The fraction of sp³-hybridized carbons (Fsp3) is 0.524. The number of ether oxygens (including phenoxy) is 1. The molecule has 4 rings (SSSR count). The highest BCUT2D eigenvalue weighted by Crippen LogP contribution is 2.35. The summed E-state index contributed by atoms with van der Waals surface area (Å²) in [5, 5.41) is 5.44. The molecule has 3 aromatic rings. The normalized spacial score (nSPS) is 14.0. The zero-order valence-electron chi connectivity index (χ0n) is 18.0. The monoisotopic (exact) mass is 396 g/mol. The Morgan fingerprint density at radius 1 is 1.31 bits per heavy atom. The topological polar surface area (TPSA) is 78.1 Å². The largest absolute Gasteiger partial charge is 0.462 e. The van der Waals surface area contributed by atoms with E-state index in [1.54, 1.807) is 10.9 Å². The highest BCUT2D eigenvalue weighted by molar-refractivity contribution is 6.05. The molecule has 154 valence electrons. The molecule has 0 saturated carbocycles. The lowest BCUT2D eigenvalue weighted by Crippen LogP contribution is -2.32. The summed E-state index contributed by atoms with van der Waals surface area (Å²) in [6.07, 6.45) is 2.49. The second-order valence-corrected chi connectivity index (χ2v) is 7.90. The average Bonchev–Trinajstić information content (AvgIpc) is 3.17. The van der Waals surface area contributed by atoms with E-state index >= 15 is 0 Å². The molecule has 4 heterocycles. The van der Waals surface area contributed by atoms with Crippen LogP contribution in [0.1, 0.15) is 60.0 Å². The molecule has 8 nitrogen and oxygen atoms in total. The van der Waals surface area contributed by atoms with Crippen LogP contribution in [0.5, 0.6) is 0 Å². The van der Waals surface area contributed by atoms with Crippen LogP contribution in [-0.2, 0) is 31.8 Å². The first kappa shape index (κ1) is 19.4. The van der Waals surface area contributed by atoms with E-state index in [1.165, 1.54) is 5.69 Å². The van der Waals surface area contributed by atoms with E-state index in [0.717, 1.165) is 46.9 Å². The van der Waals surface area contributed by atoms with Gasteiger partial charge in [0.2, 0.25) is 0 Å². The second kappa shape index (κ2) is 7.17. The predicted octanol–water partition coefficient (Wildman–Crippen LogP) is 2.87. The zero-order valence-corrected chi connectivity index (χ0v) is 18.0. The first-order valence-corrected chi connectivity index (χ1v) is 10.1. The Hall–Kier alpha value is -2.90. The van der Waals surface area contributed by atoms with Crippen LogP contribution in [0.25, 0.3) is 11.0 Å². The maximum Gasteiger partial charge on any atom is 0.341 e. The van der Waals surface area contributed by atoms with Crippen LogP contribution in [0.2, 0.25) is 0 Å². The molecule has 1 aliphatic rings. The Labute approximate surface area is 170 Å². The Morgan fingerprint density at radius 2 is 2.07 bits per heavy atom. The molecule has 0 saturated heterocycles. The number of imidazole rings is 1. The molecule has 0 unspecified atom stereocenters. The minimum atomic E-state index is -0.352. The Balaban J connectivity index is 1.86. The SMILES string of the molecule is CCOC(=O)c1cnc2c(c(C)nn2C)c1N1CCc2c(nc(C(C)C)n2C)C1. The first-order chi connectivity index (χ1) is 13.8. The Bertz CT molecular complexity index is 1090. The highest BCUT2D eigenvalue weighted by Gasteiger charge is 2.29. The van der Waals surface area contributed by atoms with Crippen molar-refractivity contribution in [2.24, 2.45) is 14.1 Å². The number of aryl methyl sites for hydroxylation is 2. The van der Waals surface area contributed by atoms with E-state index in [9.17, 15) is 4.79 Å². The third kappa shape index (κ3) is 3.07. The summed E-state index contributed by atoms with van der Waals surface area (Å²) in [5.74, 6) is 1.11. The number of carbonyl (C=O) groups is 1. The molecule has 29 heavy (non-hydrogen) atoms. The van der Waals surface area contributed by atoms with Crippen LogP contribution in [0.15, 0.2) is 6.20 Å². The lowest BCUT2D eigenvalue weighted by molar-refractivity contribution is 0.0526. The van der Waals surface area contributed by atoms with Crippen LogP contribution in [0.4, 0.5) is 5.69 Å². The number of carbonyl (C=O) groups excluding carboxylic acids is 1. The van der Waals surface area contributed by atoms with Crippen LogP contribution in [0.3, 0.4) is 0 Å². The number of esters is 1. The van der Waals surface area contributed by atoms with Crippen LogP contribution >= 0.6 is 0 Å². The molecular weight excluding hydrogens is 368 g/mol. The summed E-state index contributed by atoms with van der Waals surface area (Å²) in [5.41, 5.74) is 5.30. The zero-order chi connectivity index (χ0) is 20.9. The maximum absolute atomic E-state index is 12.7. The van der Waals surface area contributed by atoms with Crippen molar-refractivity contribution in [3.63, 3.8) is 0 Å². The number of anilines is 1. The van der Waals surface area contributed by atoms with Gasteiger partial charge in [0.25, 0.3) is 0 Å². The van der Waals surface area contributed by atoms with E-state index in [0.29, 0.717) is 24.6 Å². The van der Waals surface area contributed by atoms with Gasteiger partial charge in [0.05, 0.1) is 35.6 Å². The summed E-state index contributed by atoms with van der Waals surface area (Å²) in [7, 11) is 3.97. The summed E-state index contributed by atoms with van der Waals surface area (Å²) in [6, 6.07) is 0. The van der Waals surface area contributed by atoms with Crippen molar-refractivity contribution in [2.75, 3.05) is 18.1 Å². The molecule has 0 spiro atoms. The predicted molar refractivity (Wildman–Crippen MR) is 111 cm³/mol. The van der Waals surface area contributed by atoms with Gasteiger partial charge in [-0.2, -0.15) is 5.10 Å². The van der Waals surface area contributed by atoms with Crippen molar-refractivity contribution >= 4 is 22.7 Å². The van der Waals surface area contributed by atoms with Crippen LogP contribution in [0, 0.1) is 6.92 Å². The molecule has 1 aliphatic heterocycles. The van der Waals surface area contributed by atoms with Gasteiger partial charge < -0.3 is 14.2 Å². The van der Waals surface area contributed by atoms with E-state index in [1.807, 2.05) is 20.9 Å². The summed E-state index contributed by atoms with van der Waals surface area (Å²) >= 11 is 0. The number of nitrogens with zero attached hydrogens (tertiary/aromatic N) is 6. The fourth-order valence-corrected chi connectivity index (χ4v) is 4.34. The standard InChI is InChI=1S/C21H28N6O2/c1-7-29-21(28)14-10-22-20-17(13(4)24-26(20)6)18(14)27-9-8-16-15(11-27)23-19(12(2)3)25(16)5/h10,12H,7-9,11H2,1-6H3. The average molecular weight is 396 g/mol. The lowest BCUT2D eigenvalue weighted by atomic mass is 10.1. The molecule has 0 radical (unpaired) electrons. The third-order valence-corrected chi connectivity index (χ3v) is 5.62. The van der Waals surface area contributed by atoms with Gasteiger partial charge in [-0.3, -0.25) is 4.68 Å². The van der Waals surface area contributed by atoms with Crippen LogP contribution < -0.4 is 4.90 Å². The summed E-state index contributed by atoms with van der Waals surface area (Å²) in [6.45, 7) is 9.86. The number of hydrogen-bond donors (Lipinski definition) is 0. The van der Waals surface area contributed by atoms with Crippen molar-refractivity contribution in [1.82, 2.24) is 24.3 Å². The number of aromatic nitrogens is 5. The van der Waals surface area contributed by atoms with Crippen molar-refractivity contribution in [2.45, 2.75) is 46.6 Å². The second-order valence-electron chi connectivity index (χ2n) is 7.90. The highest BCUT2D eigenvalue weighted by atomic mass is 16.5. The molecule has 3 aromatic heterocycles. The van der Waals surface area contributed by atoms with Crippen molar-refractivity contribution in [3.05, 3.63) is 34.7 Å². The number of pyridine rings is 1. The van der Waals surface area contributed by atoms with Crippen molar-refractivity contribution in [1.29, 1.82) is 0 Å². The van der Waals surface area contributed by atoms with Gasteiger partial charge in [-0.05, 0) is 13.8 Å². The molecule has 0 amide bonds. The minimum absolute atomic E-state index is 0.324. The lowest BCUT2D eigenvalue weighted by Gasteiger charge is -2.30. The molecule has 0 aliphatic carbocycles. The molecule has 0 bridgehead atoms. The summed E-state index contributed by atoms with van der Waals surface area (Å²) < 4.78 is 9.31. The van der Waals surface area contributed by atoms with Crippen LogP contribution in [-0.4, -0.2) is 43.4 Å². The van der Waals surface area contributed by atoms with E-state index in [2.05, 4.69) is 40.4 Å². The van der Waals surface area contributed by atoms with E-state index in [-0.39, 0.29) is 5.97 Å². The Morgan fingerprint density at radius 3 is 2.76 bits per heavy atom.